The normalized spacial score (nSPS) is 22.4. The zero-order valence-electron chi connectivity index (χ0n) is 15.5. The minimum atomic E-state index is -4.69. The molecule has 5 nitrogen and oxygen atoms in total. The second-order valence-electron chi connectivity index (χ2n) is 6.95. The molecule has 9 heteroatoms. The van der Waals surface area contributed by atoms with E-state index in [9.17, 15) is 18.0 Å². The molecule has 0 aromatic heterocycles. The summed E-state index contributed by atoms with van der Waals surface area (Å²) in [6.45, 7) is 0.691. The molecule has 0 saturated heterocycles. The Morgan fingerprint density at radius 1 is 1.36 bits per heavy atom. The fourth-order valence-corrected chi connectivity index (χ4v) is 3.34. The number of hydrogen-bond donors (Lipinski definition) is 4. The van der Waals surface area contributed by atoms with Crippen LogP contribution in [0.25, 0.3) is 0 Å². The van der Waals surface area contributed by atoms with Crippen molar-refractivity contribution in [1.82, 2.24) is 10.6 Å². The molecule has 0 spiro atoms. The third-order valence-electron chi connectivity index (χ3n) is 4.51. The molecule has 28 heavy (non-hydrogen) atoms. The van der Waals surface area contributed by atoms with Crippen LogP contribution in [-0.2, 0) is 9.53 Å². The Morgan fingerprint density at radius 3 is 2.79 bits per heavy atom. The second kappa shape index (κ2) is 10.8. The van der Waals surface area contributed by atoms with Gasteiger partial charge in [-0.2, -0.15) is 0 Å². The van der Waals surface area contributed by atoms with Crippen molar-refractivity contribution < 1.29 is 22.7 Å². The average Bonchev–Trinajstić information content (AvgIpc) is 2.58. The van der Waals surface area contributed by atoms with E-state index in [2.05, 4.69) is 34.1 Å². The first-order valence-electron chi connectivity index (χ1n) is 9.29. The summed E-state index contributed by atoms with van der Waals surface area (Å²) < 4.78 is 41.0. The second-order valence-corrected chi connectivity index (χ2v) is 7.49. The Hall–Kier alpha value is -1.58. The Balaban J connectivity index is 1.69. The summed E-state index contributed by atoms with van der Waals surface area (Å²) in [5, 5.41) is 13.8. The number of halogens is 3. The number of carbonyl (C=O) groups excluding carboxylic acids is 1. The largest absolute Gasteiger partial charge is 0.523 e. The van der Waals surface area contributed by atoms with Crippen LogP contribution in [0.2, 0.25) is 0 Å². The van der Waals surface area contributed by atoms with Gasteiger partial charge in [-0.3, -0.25) is 20.3 Å². The number of alkyl halides is 3. The zero-order chi connectivity index (χ0) is 20.6. The minimum absolute atomic E-state index is 0.0481. The first-order chi connectivity index (χ1) is 13.2. The van der Waals surface area contributed by atoms with Gasteiger partial charge < -0.3 is 5.32 Å². The van der Waals surface area contributed by atoms with E-state index in [-0.39, 0.29) is 24.9 Å². The number of unbranched alkanes of at least 4 members (excludes halogenated alkanes) is 1. The van der Waals surface area contributed by atoms with Gasteiger partial charge in [0, 0.05) is 13.0 Å². The number of hydrogen-bond acceptors (Lipinski definition) is 4. The first-order valence-corrected chi connectivity index (χ1v) is 9.74. The molecule has 3 N–H and O–H groups in total. The van der Waals surface area contributed by atoms with Crippen molar-refractivity contribution in [2.24, 2.45) is 0 Å². The van der Waals surface area contributed by atoms with Crippen LogP contribution in [0, 0.1) is 5.41 Å². The van der Waals surface area contributed by atoms with Gasteiger partial charge in [-0.25, -0.2) is 0 Å². The molecule has 2 atom stereocenters. The molecule has 1 unspecified atom stereocenters. The predicted molar refractivity (Wildman–Crippen MR) is 105 cm³/mol. The van der Waals surface area contributed by atoms with Gasteiger partial charge in [0.15, 0.2) is 0 Å². The molecule has 1 aliphatic carbocycles. The number of allylic oxidation sites excluding steroid dienone is 2. The fourth-order valence-electron chi connectivity index (χ4n) is 3.18. The van der Waals surface area contributed by atoms with Gasteiger partial charge in [-0.1, -0.05) is 35.5 Å². The molecular weight excluding hydrogens is 391 g/mol. The van der Waals surface area contributed by atoms with Crippen LogP contribution in [0.5, 0.6) is 0 Å². The van der Waals surface area contributed by atoms with Crippen molar-refractivity contribution in [2.75, 3.05) is 6.54 Å². The van der Waals surface area contributed by atoms with Crippen molar-refractivity contribution in [3.63, 3.8) is 0 Å². The number of rotatable bonds is 9. The van der Waals surface area contributed by atoms with E-state index in [0.29, 0.717) is 30.0 Å². The molecule has 0 aromatic rings. The van der Waals surface area contributed by atoms with Crippen LogP contribution < -0.4 is 10.6 Å². The van der Waals surface area contributed by atoms with E-state index < -0.39 is 12.5 Å². The summed E-state index contributed by atoms with van der Waals surface area (Å²) in [6, 6.07) is 0. The highest BCUT2D eigenvalue weighted by atomic mass is 32.1. The number of thiol groups is 1. The van der Waals surface area contributed by atoms with Gasteiger partial charge in [-0.15, -0.1) is 25.8 Å². The van der Waals surface area contributed by atoms with Gasteiger partial charge in [0.2, 0.25) is 5.91 Å². The van der Waals surface area contributed by atoms with Crippen molar-refractivity contribution in [1.29, 1.82) is 5.41 Å². The monoisotopic (exact) mass is 417 g/mol. The van der Waals surface area contributed by atoms with Crippen LogP contribution in [0.15, 0.2) is 35.5 Å². The lowest BCUT2D eigenvalue weighted by Gasteiger charge is -2.25. The van der Waals surface area contributed by atoms with E-state index in [1.807, 2.05) is 0 Å². The van der Waals surface area contributed by atoms with E-state index in [4.69, 9.17) is 5.41 Å². The summed E-state index contributed by atoms with van der Waals surface area (Å²) >= 11 is 3.96. The average molecular weight is 417 g/mol. The van der Waals surface area contributed by atoms with Crippen molar-refractivity contribution in [3.05, 3.63) is 35.5 Å². The lowest BCUT2D eigenvalue weighted by atomic mass is 9.99. The Labute approximate surface area is 168 Å². The summed E-state index contributed by atoms with van der Waals surface area (Å²) in [7, 11) is 0. The van der Waals surface area contributed by atoms with Crippen LogP contribution in [0.3, 0.4) is 0 Å². The maximum absolute atomic E-state index is 12.3. The van der Waals surface area contributed by atoms with Crippen molar-refractivity contribution in [3.8, 4) is 0 Å². The van der Waals surface area contributed by atoms with E-state index in [1.165, 1.54) is 17.7 Å². The highest BCUT2D eigenvalue weighted by Crippen LogP contribution is 2.26. The number of carbonyl (C=O) groups is 1. The molecule has 2 rings (SSSR count). The highest BCUT2D eigenvalue weighted by Gasteiger charge is 2.33. The van der Waals surface area contributed by atoms with Crippen molar-refractivity contribution >= 4 is 23.6 Å². The Bertz CT molecular complexity index is 659. The zero-order valence-corrected chi connectivity index (χ0v) is 16.4. The summed E-state index contributed by atoms with van der Waals surface area (Å²) in [4.78, 5) is 12.2. The molecular formula is C19H26F3N3O2S. The molecule has 1 aliphatic heterocycles. The van der Waals surface area contributed by atoms with E-state index in [1.54, 1.807) is 6.08 Å². The molecule has 156 valence electrons. The Morgan fingerprint density at radius 2 is 2.14 bits per heavy atom. The summed E-state index contributed by atoms with van der Waals surface area (Å²) in [6.07, 6.45) is 5.00. The van der Waals surface area contributed by atoms with Crippen LogP contribution in [-0.4, -0.2) is 36.1 Å². The topological polar surface area (TPSA) is 74.2 Å². The van der Waals surface area contributed by atoms with Gasteiger partial charge >= 0.3 is 6.36 Å². The van der Waals surface area contributed by atoms with Gasteiger partial charge in [0.25, 0.3) is 0 Å². The molecule has 0 fully saturated rings. The minimum Gasteiger partial charge on any atom is -0.340 e. The van der Waals surface area contributed by atoms with Gasteiger partial charge in [-0.05, 0) is 38.5 Å². The molecule has 0 bridgehead atoms. The van der Waals surface area contributed by atoms with Crippen LogP contribution >= 0.6 is 12.6 Å². The molecule has 1 heterocycles. The lowest BCUT2D eigenvalue weighted by Crippen LogP contribution is -2.47. The van der Waals surface area contributed by atoms with Gasteiger partial charge in [0.1, 0.15) is 0 Å². The third kappa shape index (κ3) is 9.07. The summed E-state index contributed by atoms with van der Waals surface area (Å²) in [5.74, 6) is -0.228. The maximum Gasteiger partial charge on any atom is 0.523 e. The highest BCUT2D eigenvalue weighted by molar-refractivity contribution is 7.96. The first kappa shape index (κ1) is 22.7. The third-order valence-corrected chi connectivity index (χ3v) is 4.73. The van der Waals surface area contributed by atoms with Crippen LogP contribution in [0.1, 0.15) is 44.9 Å². The number of amides is 1. The molecule has 0 aromatic carbocycles. The Kier molecular flexibility index (Phi) is 8.78. The number of ether oxygens (including phenoxy) is 1. The standard InChI is InChI=1S/C19H26F3N3O2S/c20-19(21,22)27-15-6-3-5-14(10-15)11-18(26)25-17-9-8-13(12-24-17)4-1-2-7-16(23)28/h3,5-6,8,15,17,24H,1-2,4,7,9-12H2,(H2,23,28)(H,25,26)/t15?,17-/m1/s1. The molecule has 2 aliphatic rings. The quantitative estimate of drug-likeness (QED) is 0.151. The van der Waals surface area contributed by atoms with Crippen LogP contribution in [0.4, 0.5) is 13.2 Å². The lowest BCUT2D eigenvalue weighted by molar-refractivity contribution is -0.336. The fraction of sp³-hybridized carbons (Fsp3) is 0.579. The predicted octanol–water partition coefficient (Wildman–Crippen LogP) is 4.00. The van der Waals surface area contributed by atoms with Gasteiger partial charge in [0.05, 0.1) is 17.3 Å². The smallest absolute Gasteiger partial charge is 0.340 e. The molecule has 0 radical (unpaired) electrons. The van der Waals surface area contributed by atoms with E-state index >= 15 is 0 Å². The van der Waals surface area contributed by atoms with E-state index in [0.717, 1.165) is 19.3 Å². The molecule has 0 saturated carbocycles. The molecule has 1 amide bonds. The maximum atomic E-state index is 12.3. The van der Waals surface area contributed by atoms with Crippen molar-refractivity contribution in [2.45, 2.75) is 63.6 Å². The number of nitrogens with one attached hydrogen (secondary N) is 3. The summed E-state index contributed by atoms with van der Waals surface area (Å²) in [5.41, 5.74) is 1.89. The SMILES string of the molecule is N=C(S)CCCCC1=CC[C@@H](NC(=O)CC2=CC=CC(OC(F)(F)F)C2)NC1.